The highest BCUT2D eigenvalue weighted by atomic mass is 32.1. The zero-order chi connectivity index (χ0) is 11.5. The van der Waals surface area contributed by atoms with Crippen molar-refractivity contribution >= 4 is 22.4 Å². The lowest BCUT2D eigenvalue weighted by molar-refractivity contribution is 0.0945. The number of hydrogen-bond donors (Lipinski definition) is 2. The lowest BCUT2D eigenvalue weighted by atomic mass is 10.5. The second-order valence-electron chi connectivity index (χ2n) is 2.86. The van der Waals surface area contributed by atoms with Crippen molar-refractivity contribution in [3.63, 3.8) is 0 Å². The number of nitrogens with one attached hydrogen (secondary N) is 1. The largest absolute Gasteiger partial charge is 0.374 e. The van der Waals surface area contributed by atoms with E-state index in [1.54, 1.807) is 6.92 Å². The lowest BCUT2D eigenvalue weighted by Gasteiger charge is -1.96. The van der Waals surface area contributed by atoms with Gasteiger partial charge in [0.25, 0.3) is 5.91 Å². The van der Waals surface area contributed by atoms with Crippen LogP contribution in [0.1, 0.15) is 21.5 Å². The third-order valence-electron chi connectivity index (χ3n) is 1.60. The standard InChI is InChI=1S/C7H8N6O2S/c1-3-10-4(15-13-3)2-9-5(14)6-11-12-7(8)16-6/h2H2,1H3,(H2,8,12)(H,9,14). The minimum atomic E-state index is -0.370. The zero-order valence-electron chi connectivity index (χ0n) is 8.30. The number of carbonyl (C=O) groups excluding carboxylic acids is 1. The third kappa shape index (κ3) is 2.31. The molecule has 9 heteroatoms. The van der Waals surface area contributed by atoms with Gasteiger partial charge in [-0.1, -0.05) is 16.5 Å². The summed E-state index contributed by atoms with van der Waals surface area (Å²) >= 11 is 1.01. The van der Waals surface area contributed by atoms with Gasteiger partial charge in [0.15, 0.2) is 5.82 Å². The Labute approximate surface area is 93.9 Å². The Kier molecular flexibility index (Phi) is 2.77. The maximum absolute atomic E-state index is 11.5. The van der Waals surface area contributed by atoms with Crippen LogP contribution in [0.5, 0.6) is 0 Å². The van der Waals surface area contributed by atoms with Gasteiger partial charge in [0, 0.05) is 0 Å². The Morgan fingerprint density at radius 2 is 2.38 bits per heavy atom. The molecule has 0 radical (unpaired) electrons. The molecule has 0 spiro atoms. The van der Waals surface area contributed by atoms with Gasteiger partial charge in [0.05, 0.1) is 6.54 Å². The molecule has 8 nitrogen and oxygen atoms in total. The Hall–Kier alpha value is -2.03. The van der Waals surface area contributed by atoms with E-state index in [-0.39, 0.29) is 22.6 Å². The van der Waals surface area contributed by atoms with E-state index in [1.165, 1.54) is 0 Å². The van der Waals surface area contributed by atoms with Gasteiger partial charge in [-0.15, -0.1) is 10.2 Å². The molecule has 0 saturated heterocycles. The summed E-state index contributed by atoms with van der Waals surface area (Å²) in [7, 11) is 0. The maximum atomic E-state index is 11.5. The molecule has 0 fully saturated rings. The first-order valence-electron chi connectivity index (χ1n) is 4.31. The fourth-order valence-corrected chi connectivity index (χ4v) is 1.50. The average Bonchev–Trinajstić information content (AvgIpc) is 2.84. The van der Waals surface area contributed by atoms with E-state index in [9.17, 15) is 4.79 Å². The van der Waals surface area contributed by atoms with Crippen LogP contribution in [0.3, 0.4) is 0 Å². The highest BCUT2D eigenvalue weighted by Gasteiger charge is 2.12. The predicted octanol–water partition coefficient (Wildman–Crippen LogP) is -0.258. The number of carbonyl (C=O) groups is 1. The molecule has 2 rings (SSSR count). The molecule has 0 saturated carbocycles. The monoisotopic (exact) mass is 240 g/mol. The SMILES string of the molecule is Cc1noc(CNC(=O)c2nnc(N)s2)n1. The van der Waals surface area contributed by atoms with Gasteiger partial charge in [-0.3, -0.25) is 4.79 Å². The minimum absolute atomic E-state index is 0.152. The number of aromatic nitrogens is 4. The topological polar surface area (TPSA) is 120 Å². The molecule has 0 unspecified atom stereocenters. The number of hydrogen-bond acceptors (Lipinski definition) is 8. The van der Waals surface area contributed by atoms with Gasteiger partial charge in [0.2, 0.25) is 16.0 Å². The molecule has 0 aliphatic heterocycles. The van der Waals surface area contributed by atoms with Crippen LogP contribution in [-0.2, 0) is 6.54 Å². The van der Waals surface area contributed by atoms with Crippen LogP contribution in [0.4, 0.5) is 5.13 Å². The average molecular weight is 240 g/mol. The van der Waals surface area contributed by atoms with Crippen molar-refractivity contribution in [2.24, 2.45) is 0 Å². The van der Waals surface area contributed by atoms with Gasteiger partial charge in [-0.25, -0.2) is 0 Å². The van der Waals surface area contributed by atoms with Crippen LogP contribution in [0, 0.1) is 6.92 Å². The number of anilines is 1. The highest BCUT2D eigenvalue weighted by Crippen LogP contribution is 2.10. The quantitative estimate of drug-likeness (QED) is 0.758. The van der Waals surface area contributed by atoms with E-state index < -0.39 is 0 Å². The molecule has 3 N–H and O–H groups in total. The molecule has 0 aliphatic carbocycles. The van der Waals surface area contributed by atoms with Crippen LogP contribution in [-0.4, -0.2) is 26.2 Å². The molecular weight excluding hydrogens is 232 g/mol. The number of rotatable bonds is 3. The molecule has 0 atom stereocenters. The smallest absolute Gasteiger partial charge is 0.282 e. The van der Waals surface area contributed by atoms with Crippen molar-refractivity contribution in [2.45, 2.75) is 13.5 Å². The molecule has 2 heterocycles. The third-order valence-corrected chi connectivity index (χ3v) is 2.36. The van der Waals surface area contributed by atoms with E-state index in [4.69, 9.17) is 10.3 Å². The van der Waals surface area contributed by atoms with Gasteiger partial charge in [-0.05, 0) is 6.92 Å². The van der Waals surface area contributed by atoms with E-state index >= 15 is 0 Å². The minimum Gasteiger partial charge on any atom is -0.374 e. The molecule has 84 valence electrons. The highest BCUT2D eigenvalue weighted by molar-refractivity contribution is 7.16. The summed E-state index contributed by atoms with van der Waals surface area (Å²) < 4.78 is 4.82. The lowest BCUT2D eigenvalue weighted by Crippen LogP contribution is -2.22. The van der Waals surface area contributed by atoms with Crippen LogP contribution in [0.25, 0.3) is 0 Å². The van der Waals surface area contributed by atoms with Crippen LogP contribution in [0.2, 0.25) is 0 Å². The number of nitrogens with zero attached hydrogens (tertiary/aromatic N) is 4. The van der Waals surface area contributed by atoms with E-state index in [0.717, 1.165) is 11.3 Å². The molecule has 0 aliphatic rings. The van der Waals surface area contributed by atoms with Gasteiger partial charge in [0.1, 0.15) is 0 Å². The van der Waals surface area contributed by atoms with Crippen molar-refractivity contribution in [3.8, 4) is 0 Å². The van der Waals surface area contributed by atoms with Crippen LogP contribution >= 0.6 is 11.3 Å². The molecule has 0 aromatic carbocycles. The molecular formula is C7H8N6O2S. The fraction of sp³-hybridized carbons (Fsp3) is 0.286. The first kappa shape index (κ1) is 10.5. The summed E-state index contributed by atoms with van der Waals surface area (Å²) in [5.74, 6) is 0.484. The molecule has 2 aromatic heterocycles. The zero-order valence-corrected chi connectivity index (χ0v) is 9.11. The Bertz CT molecular complexity index is 506. The molecule has 2 aromatic rings. The van der Waals surface area contributed by atoms with Crippen molar-refractivity contribution in [1.29, 1.82) is 0 Å². The Morgan fingerprint density at radius 1 is 1.56 bits per heavy atom. The maximum Gasteiger partial charge on any atom is 0.282 e. The van der Waals surface area contributed by atoms with Crippen molar-refractivity contribution in [2.75, 3.05) is 5.73 Å². The van der Waals surface area contributed by atoms with Gasteiger partial charge in [-0.2, -0.15) is 4.98 Å². The van der Waals surface area contributed by atoms with Crippen LogP contribution in [0.15, 0.2) is 4.52 Å². The Morgan fingerprint density at radius 3 is 2.94 bits per heavy atom. The van der Waals surface area contributed by atoms with Crippen molar-refractivity contribution < 1.29 is 9.32 Å². The van der Waals surface area contributed by atoms with Crippen molar-refractivity contribution in [3.05, 3.63) is 16.7 Å². The second-order valence-corrected chi connectivity index (χ2v) is 3.87. The number of aryl methyl sites for hydroxylation is 1. The fourth-order valence-electron chi connectivity index (χ4n) is 0.970. The summed E-state index contributed by atoms with van der Waals surface area (Å²) in [6.07, 6.45) is 0. The summed E-state index contributed by atoms with van der Waals surface area (Å²) in [4.78, 5) is 15.4. The normalized spacial score (nSPS) is 10.3. The van der Waals surface area contributed by atoms with Gasteiger partial charge < -0.3 is 15.6 Å². The summed E-state index contributed by atoms with van der Waals surface area (Å²) in [5, 5.41) is 13.7. The van der Waals surface area contributed by atoms with Crippen molar-refractivity contribution in [1.82, 2.24) is 25.7 Å². The summed E-state index contributed by atoms with van der Waals surface area (Å²) in [6.45, 7) is 1.85. The molecule has 16 heavy (non-hydrogen) atoms. The summed E-state index contributed by atoms with van der Waals surface area (Å²) in [6, 6.07) is 0. The summed E-state index contributed by atoms with van der Waals surface area (Å²) in [5.41, 5.74) is 5.35. The number of nitrogens with two attached hydrogens (primary N) is 1. The number of nitrogen functional groups attached to an aromatic ring is 1. The van der Waals surface area contributed by atoms with E-state index in [2.05, 4.69) is 25.7 Å². The first-order valence-corrected chi connectivity index (χ1v) is 5.13. The van der Waals surface area contributed by atoms with E-state index in [0.29, 0.717) is 11.7 Å². The van der Waals surface area contributed by atoms with E-state index in [1.807, 2.05) is 0 Å². The number of amides is 1. The second kappa shape index (κ2) is 4.23. The molecule has 0 bridgehead atoms. The molecule has 1 amide bonds. The first-order chi connectivity index (χ1) is 7.65. The Balaban J connectivity index is 1.93. The van der Waals surface area contributed by atoms with Crippen LogP contribution < -0.4 is 11.1 Å². The van der Waals surface area contributed by atoms with Gasteiger partial charge >= 0.3 is 0 Å². The predicted molar refractivity (Wildman–Crippen MR) is 54.5 cm³/mol.